The molecule has 0 saturated heterocycles. The molecule has 162 valence electrons. The molecule has 0 aliphatic heterocycles. The highest BCUT2D eigenvalue weighted by Gasteiger charge is 2.36. The molecule has 0 aromatic carbocycles. The van der Waals surface area contributed by atoms with Crippen molar-refractivity contribution in [2.75, 3.05) is 0 Å². The van der Waals surface area contributed by atoms with Crippen LogP contribution < -0.4 is 5.32 Å². The van der Waals surface area contributed by atoms with Gasteiger partial charge >= 0.3 is 12.1 Å². The molecular formula is C21H38N2O5. The van der Waals surface area contributed by atoms with Crippen molar-refractivity contribution in [3.05, 3.63) is 0 Å². The summed E-state index contributed by atoms with van der Waals surface area (Å²) in [4.78, 5) is 30.8. The number of amides is 1. The molecule has 0 aromatic rings. The Morgan fingerprint density at radius 1 is 0.964 bits per heavy atom. The number of rotatable bonds is 6. The third-order valence-corrected chi connectivity index (χ3v) is 5.47. The smallest absolute Gasteiger partial charge is 0.408 e. The first-order valence-electron chi connectivity index (χ1n) is 10.8. The van der Waals surface area contributed by atoms with Crippen LogP contribution in [0.5, 0.6) is 0 Å². The topological polar surface area (TPSA) is 88.1 Å². The Balaban J connectivity index is 2.06. The average molecular weight is 399 g/mol. The van der Waals surface area contributed by atoms with Gasteiger partial charge in [0.05, 0.1) is 6.10 Å². The molecule has 2 rings (SSSR count). The number of aliphatic hydroxyl groups is 1. The lowest BCUT2D eigenvalue weighted by molar-refractivity contribution is -0.226. The van der Waals surface area contributed by atoms with Crippen LogP contribution in [0.15, 0.2) is 0 Å². The van der Waals surface area contributed by atoms with Crippen molar-refractivity contribution in [1.82, 2.24) is 10.4 Å². The molecule has 7 nitrogen and oxygen atoms in total. The molecule has 0 unspecified atom stereocenters. The van der Waals surface area contributed by atoms with E-state index in [1.165, 1.54) is 19.8 Å². The lowest BCUT2D eigenvalue weighted by Gasteiger charge is -2.40. The Kier molecular flexibility index (Phi) is 8.56. The highest BCUT2D eigenvalue weighted by Crippen LogP contribution is 2.30. The zero-order chi connectivity index (χ0) is 20.7. The van der Waals surface area contributed by atoms with Gasteiger partial charge in [-0.05, 0) is 53.4 Å². The summed E-state index contributed by atoms with van der Waals surface area (Å²) >= 11 is 0. The summed E-state index contributed by atoms with van der Waals surface area (Å²) in [6.07, 6.45) is 9.25. The fourth-order valence-corrected chi connectivity index (χ4v) is 4.09. The van der Waals surface area contributed by atoms with Crippen LogP contribution in [-0.4, -0.2) is 52.1 Å². The van der Waals surface area contributed by atoms with Crippen LogP contribution in [0.4, 0.5) is 4.79 Å². The van der Waals surface area contributed by atoms with Gasteiger partial charge in [0.15, 0.2) is 6.04 Å². The van der Waals surface area contributed by atoms with Gasteiger partial charge in [-0.25, -0.2) is 9.59 Å². The van der Waals surface area contributed by atoms with Crippen LogP contribution in [0.3, 0.4) is 0 Å². The molecule has 2 N–H and O–H groups in total. The Labute approximate surface area is 169 Å². The molecule has 0 aromatic heterocycles. The van der Waals surface area contributed by atoms with Gasteiger partial charge in [0, 0.05) is 12.1 Å². The molecule has 1 amide bonds. The Bertz CT molecular complexity index is 487. The van der Waals surface area contributed by atoms with E-state index >= 15 is 0 Å². The van der Waals surface area contributed by atoms with Crippen molar-refractivity contribution in [3.8, 4) is 0 Å². The van der Waals surface area contributed by atoms with Crippen LogP contribution in [-0.2, 0) is 14.4 Å². The SMILES string of the molecule is C[C@H](O)[C@H](NC(=O)OC(C)(C)C)C(=O)ON(C1CCCCC1)C1CCCCC1. The minimum atomic E-state index is -1.16. The first kappa shape index (κ1) is 22.9. The van der Waals surface area contributed by atoms with Crippen molar-refractivity contribution in [2.45, 2.75) is 122 Å². The molecule has 0 heterocycles. The summed E-state index contributed by atoms with van der Waals surface area (Å²) in [5, 5.41) is 14.4. The predicted molar refractivity (Wildman–Crippen MR) is 107 cm³/mol. The fraction of sp³-hybridized carbons (Fsp3) is 0.905. The molecular weight excluding hydrogens is 360 g/mol. The molecule has 0 spiro atoms. The second kappa shape index (κ2) is 10.4. The van der Waals surface area contributed by atoms with Gasteiger partial charge in [-0.2, -0.15) is 0 Å². The van der Waals surface area contributed by atoms with Gasteiger partial charge in [-0.1, -0.05) is 38.5 Å². The number of hydrogen-bond acceptors (Lipinski definition) is 6. The van der Waals surface area contributed by atoms with Crippen molar-refractivity contribution < 1.29 is 24.3 Å². The molecule has 2 aliphatic carbocycles. The number of hydrogen-bond donors (Lipinski definition) is 2. The lowest BCUT2D eigenvalue weighted by atomic mass is 9.90. The summed E-state index contributed by atoms with van der Waals surface area (Å²) in [5.41, 5.74) is -0.687. The summed E-state index contributed by atoms with van der Waals surface area (Å²) in [7, 11) is 0. The second-order valence-electron chi connectivity index (χ2n) is 9.22. The number of carbonyl (C=O) groups excluding carboxylic acids is 2. The maximum Gasteiger partial charge on any atom is 0.408 e. The summed E-state index contributed by atoms with van der Waals surface area (Å²) in [6, 6.07) is -0.724. The van der Waals surface area contributed by atoms with Gasteiger partial charge in [-0.3, -0.25) is 0 Å². The lowest BCUT2D eigenvalue weighted by Crippen LogP contribution is -2.54. The normalized spacial score (nSPS) is 21.8. The maximum absolute atomic E-state index is 12.9. The van der Waals surface area contributed by atoms with E-state index in [2.05, 4.69) is 5.32 Å². The molecule has 2 atom stereocenters. The Morgan fingerprint density at radius 3 is 1.82 bits per heavy atom. The van der Waals surface area contributed by atoms with E-state index in [0.29, 0.717) is 0 Å². The van der Waals surface area contributed by atoms with Gasteiger partial charge in [0.1, 0.15) is 5.60 Å². The standard InChI is InChI=1S/C21H38N2O5/c1-15(24)18(22-20(26)27-21(2,3)4)19(25)28-23(16-11-7-5-8-12-16)17-13-9-6-10-14-17/h15-18,24H,5-14H2,1-4H3,(H,22,26)/t15-,18-/m0/s1. The number of nitrogens with zero attached hydrogens (tertiary/aromatic N) is 1. The minimum absolute atomic E-state index is 0.219. The zero-order valence-corrected chi connectivity index (χ0v) is 17.9. The first-order valence-corrected chi connectivity index (χ1v) is 10.8. The van der Waals surface area contributed by atoms with Crippen molar-refractivity contribution in [3.63, 3.8) is 0 Å². The fourth-order valence-electron chi connectivity index (χ4n) is 4.09. The van der Waals surface area contributed by atoms with Crippen LogP contribution >= 0.6 is 0 Å². The second-order valence-corrected chi connectivity index (χ2v) is 9.22. The van der Waals surface area contributed by atoms with Gasteiger partial charge in [0.25, 0.3) is 0 Å². The van der Waals surface area contributed by atoms with E-state index in [1.54, 1.807) is 20.8 Å². The third-order valence-electron chi connectivity index (χ3n) is 5.47. The molecule has 0 radical (unpaired) electrons. The number of aliphatic hydroxyl groups excluding tert-OH is 1. The van der Waals surface area contributed by atoms with Crippen LogP contribution in [0, 0.1) is 0 Å². The largest absolute Gasteiger partial charge is 0.444 e. The van der Waals surface area contributed by atoms with Crippen molar-refractivity contribution in [1.29, 1.82) is 0 Å². The number of alkyl carbamates (subject to hydrolysis) is 1. The van der Waals surface area contributed by atoms with E-state index in [4.69, 9.17) is 9.57 Å². The van der Waals surface area contributed by atoms with Gasteiger partial charge in [0.2, 0.25) is 0 Å². The van der Waals surface area contributed by atoms with E-state index in [1.807, 2.05) is 5.06 Å². The summed E-state index contributed by atoms with van der Waals surface area (Å²) < 4.78 is 5.22. The molecule has 2 fully saturated rings. The quantitative estimate of drug-likeness (QED) is 0.664. The Hall–Kier alpha value is -1.34. The molecule has 7 heteroatoms. The Morgan fingerprint density at radius 2 is 1.43 bits per heavy atom. The predicted octanol–water partition coefficient (Wildman–Crippen LogP) is 3.69. The summed E-state index contributed by atoms with van der Waals surface area (Å²) in [5.74, 6) is -0.628. The molecule has 2 aliphatic rings. The van der Waals surface area contributed by atoms with Gasteiger partial charge in [-0.15, -0.1) is 5.06 Å². The van der Waals surface area contributed by atoms with Crippen LogP contribution in [0.1, 0.15) is 91.9 Å². The molecule has 0 bridgehead atoms. The average Bonchev–Trinajstić information content (AvgIpc) is 2.63. The van der Waals surface area contributed by atoms with Crippen molar-refractivity contribution >= 4 is 12.1 Å². The summed E-state index contributed by atoms with van der Waals surface area (Å²) in [6.45, 7) is 6.71. The number of hydroxylamine groups is 2. The van der Waals surface area contributed by atoms with E-state index in [9.17, 15) is 14.7 Å². The maximum atomic E-state index is 12.9. The molecule has 28 heavy (non-hydrogen) atoms. The highest BCUT2D eigenvalue weighted by atomic mass is 16.7. The van der Waals surface area contributed by atoms with E-state index in [-0.39, 0.29) is 12.1 Å². The van der Waals surface area contributed by atoms with Gasteiger partial charge < -0.3 is 20.0 Å². The van der Waals surface area contributed by atoms with Crippen LogP contribution in [0.2, 0.25) is 0 Å². The number of ether oxygens (including phenoxy) is 1. The first-order chi connectivity index (χ1) is 13.2. The molecule has 2 saturated carbocycles. The van der Waals surface area contributed by atoms with Crippen LogP contribution in [0.25, 0.3) is 0 Å². The van der Waals surface area contributed by atoms with E-state index in [0.717, 1.165) is 51.4 Å². The number of carbonyl (C=O) groups is 2. The minimum Gasteiger partial charge on any atom is -0.444 e. The van der Waals surface area contributed by atoms with E-state index < -0.39 is 29.8 Å². The van der Waals surface area contributed by atoms with Crippen molar-refractivity contribution in [2.24, 2.45) is 0 Å². The highest BCUT2D eigenvalue weighted by molar-refractivity contribution is 5.81. The zero-order valence-electron chi connectivity index (χ0n) is 17.9. The third kappa shape index (κ3) is 7.24. The number of nitrogens with one attached hydrogen (secondary N) is 1. The monoisotopic (exact) mass is 398 g/mol.